The molecule has 1 aliphatic carbocycles. The number of hydrogen-bond donors (Lipinski definition) is 2. The monoisotopic (exact) mass is 280 g/mol. The van der Waals surface area contributed by atoms with Gasteiger partial charge in [0, 0.05) is 12.8 Å². The van der Waals surface area contributed by atoms with Crippen LogP contribution in [-0.4, -0.2) is 23.3 Å². The number of rotatable bonds is 0. The van der Waals surface area contributed by atoms with Crippen molar-refractivity contribution < 1.29 is 22.3 Å². The van der Waals surface area contributed by atoms with E-state index >= 15 is 0 Å². The Morgan fingerprint density at radius 1 is 0.667 bits per heavy atom. The summed E-state index contributed by atoms with van der Waals surface area (Å²) < 4.78 is 31.6. The molecule has 1 fully saturated rings. The normalized spacial score (nSPS) is 20.0. The average Bonchev–Trinajstić information content (AvgIpc) is 2.21. The van der Waals surface area contributed by atoms with Gasteiger partial charge in [0.15, 0.2) is 0 Å². The molecule has 1 aliphatic rings. The lowest BCUT2D eigenvalue weighted by Gasteiger charge is -2.05. The van der Waals surface area contributed by atoms with E-state index in [1.165, 1.54) is 44.9 Å². The zero-order valence-corrected chi connectivity index (χ0v) is 11.6. The molecule has 108 valence electrons. The third kappa shape index (κ3) is 17.9. The van der Waals surface area contributed by atoms with Gasteiger partial charge in [0.2, 0.25) is 0 Å². The summed E-state index contributed by atoms with van der Waals surface area (Å²) in [7, 11) is -4.67. The molecule has 0 saturated heterocycles. The van der Waals surface area contributed by atoms with Crippen LogP contribution >= 0.6 is 0 Å². The topological polar surface area (TPSA) is 91.7 Å². The van der Waals surface area contributed by atoms with Crippen molar-refractivity contribution in [3.8, 4) is 0 Å². The van der Waals surface area contributed by atoms with Crippen LogP contribution in [0.25, 0.3) is 0 Å². The molecule has 0 amide bonds. The molecule has 0 aliphatic heterocycles. The Morgan fingerprint density at radius 2 is 0.889 bits per heavy atom. The fourth-order valence-corrected chi connectivity index (χ4v) is 2.01. The molecule has 0 spiro atoms. The van der Waals surface area contributed by atoms with E-state index in [1.807, 2.05) is 0 Å². The van der Waals surface area contributed by atoms with E-state index in [4.69, 9.17) is 17.5 Å². The lowest BCUT2D eigenvalue weighted by molar-refractivity contribution is -0.119. The van der Waals surface area contributed by atoms with Crippen molar-refractivity contribution in [1.29, 1.82) is 0 Å². The van der Waals surface area contributed by atoms with Crippen LogP contribution in [-0.2, 0) is 15.2 Å². The second kappa shape index (κ2) is 10.5. The van der Waals surface area contributed by atoms with E-state index in [2.05, 4.69) is 0 Å². The van der Waals surface area contributed by atoms with Crippen molar-refractivity contribution in [1.82, 2.24) is 0 Å². The maximum atomic E-state index is 11.3. The molecular weight excluding hydrogens is 256 g/mol. The SMILES string of the molecule is O=C1CCCCCCCCCCC1.O=S(=O)(O)O. The summed E-state index contributed by atoms with van der Waals surface area (Å²) in [5.74, 6) is 0.501. The molecule has 1 saturated carbocycles. The Morgan fingerprint density at radius 3 is 1.17 bits per heavy atom. The summed E-state index contributed by atoms with van der Waals surface area (Å²) in [5.41, 5.74) is 0. The van der Waals surface area contributed by atoms with E-state index in [0.717, 1.165) is 25.7 Å². The predicted molar refractivity (Wildman–Crippen MR) is 70.0 cm³/mol. The predicted octanol–water partition coefficient (Wildman–Crippen LogP) is 3.21. The summed E-state index contributed by atoms with van der Waals surface area (Å²) in [6.45, 7) is 0. The second-order valence-electron chi connectivity index (χ2n) is 4.67. The molecule has 0 aromatic rings. The fourth-order valence-electron chi connectivity index (χ4n) is 2.01. The van der Waals surface area contributed by atoms with Crippen molar-refractivity contribution in [3.05, 3.63) is 0 Å². The van der Waals surface area contributed by atoms with Gasteiger partial charge in [-0.3, -0.25) is 13.9 Å². The molecule has 18 heavy (non-hydrogen) atoms. The first-order valence-electron chi connectivity index (χ1n) is 6.61. The Kier molecular flexibility index (Phi) is 10.2. The molecule has 0 bridgehead atoms. The van der Waals surface area contributed by atoms with Crippen molar-refractivity contribution in [2.45, 2.75) is 70.6 Å². The van der Waals surface area contributed by atoms with Gasteiger partial charge in [-0.2, -0.15) is 8.42 Å². The zero-order valence-electron chi connectivity index (χ0n) is 10.8. The summed E-state index contributed by atoms with van der Waals surface area (Å²) in [4.78, 5) is 11.3. The Balaban J connectivity index is 0.000000494. The number of carbonyl (C=O) groups excluding carboxylic acids is 1. The van der Waals surface area contributed by atoms with Crippen molar-refractivity contribution in [2.75, 3.05) is 0 Å². The first kappa shape index (κ1) is 17.5. The number of hydrogen-bond acceptors (Lipinski definition) is 3. The zero-order chi connectivity index (χ0) is 13.9. The summed E-state index contributed by atoms with van der Waals surface area (Å²) in [6, 6.07) is 0. The van der Waals surface area contributed by atoms with Gasteiger partial charge in [-0.25, -0.2) is 0 Å². The molecule has 0 heterocycles. The summed E-state index contributed by atoms with van der Waals surface area (Å²) in [5, 5.41) is 0. The minimum atomic E-state index is -4.67. The largest absolute Gasteiger partial charge is 0.394 e. The van der Waals surface area contributed by atoms with Crippen LogP contribution in [0.4, 0.5) is 0 Å². The first-order chi connectivity index (χ1) is 8.39. The van der Waals surface area contributed by atoms with Crippen LogP contribution in [0.2, 0.25) is 0 Å². The maximum absolute atomic E-state index is 11.3. The summed E-state index contributed by atoms with van der Waals surface area (Å²) >= 11 is 0. The molecule has 0 unspecified atom stereocenters. The highest BCUT2D eigenvalue weighted by atomic mass is 32.3. The third-order valence-corrected chi connectivity index (χ3v) is 2.91. The van der Waals surface area contributed by atoms with Gasteiger partial charge in [0.1, 0.15) is 5.78 Å². The van der Waals surface area contributed by atoms with Gasteiger partial charge in [-0.05, 0) is 12.8 Å². The lowest BCUT2D eigenvalue weighted by Crippen LogP contribution is -1.98. The van der Waals surface area contributed by atoms with E-state index in [9.17, 15) is 4.79 Å². The van der Waals surface area contributed by atoms with Crippen LogP contribution in [0.3, 0.4) is 0 Å². The Labute approximate surface area is 110 Å². The quantitative estimate of drug-likeness (QED) is 0.665. The molecule has 0 radical (unpaired) electrons. The fraction of sp³-hybridized carbons (Fsp3) is 0.917. The molecular formula is C12H24O5S. The number of ketones is 1. The van der Waals surface area contributed by atoms with Gasteiger partial charge in [0.25, 0.3) is 0 Å². The standard InChI is InChI=1S/C12H22O.H2O4S/c13-12-10-8-6-4-2-1-3-5-7-9-11-12;1-5(2,3)4/h1-11H2;(H2,1,2,3,4). The highest BCUT2D eigenvalue weighted by Crippen LogP contribution is 2.14. The van der Waals surface area contributed by atoms with Gasteiger partial charge >= 0.3 is 10.4 Å². The van der Waals surface area contributed by atoms with E-state index in [0.29, 0.717) is 5.78 Å². The highest BCUT2D eigenvalue weighted by Gasteiger charge is 2.02. The Bertz CT molecular complexity index is 288. The first-order valence-corrected chi connectivity index (χ1v) is 8.01. The van der Waals surface area contributed by atoms with Crippen LogP contribution in [0.1, 0.15) is 70.6 Å². The molecule has 1 rings (SSSR count). The highest BCUT2D eigenvalue weighted by molar-refractivity contribution is 7.79. The second-order valence-corrected chi connectivity index (χ2v) is 5.56. The van der Waals surface area contributed by atoms with Gasteiger partial charge in [-0.1, -0.05) is 44.9 Å². The Hall–Kier alpha value is -0.460. The van der Waals surface area contributed by atoms with Gasteiger partial charge in [0.05, 0.1) is 0 Å². The van der Waals surface area contributed by atoms with Crippen molar-refractivity contribution >= 4 is 16.2 Å². The molecule has 0 aromatic heterocycles. The van der Waals surface area contributed by atoms with Crippen LogP contribution in [0.5, 0.6) is 0 Å². The van der Waals surface area contributed by atoms with Crippen molar-refractivity contribution in [2.24, 2.45) is 0 Å². The summed E-state index contributed by atoms with van der Waals surface area (Å²) in [6.07, 6.45) is 13.4. The molecule has 2 N–H and O–H groups in total. The number of carbonyl (C=O) groups is 1. The molecule has 6 heteroatoms. The van der Waals surface area contributed by atoms with E-state index < -0.39 is 10.4 Å². The molecule has 0 atom stereocenters. The average molecular weight is 280 g/mol. The lowest BCUT2D eigenvalue weighted by atomic mass is 10.0. The smallest absolute Gasteiger partial charge is 0.300 e. The van der Waals surface area contributed by atoms with Gasteiger partial charge < -0.3 is 0 Å². The van der Waals surface area contributed by atoms with Crippen molar-refractivity contribution in [3.63, 3.8) is 0 Å². The van der Waals surface area contributed by atoms with E-state index in [1.54, 1.807) is 0 Å². The van der Waals surface area contributed by atoms with E-state index in [-0.39, 0.29) is 0 Å². The third-order valence-electron chi connectivity index (χ3n) is 2.91. The van der Waals surface area contributed by atoms with Gasteiger partial charge in [-0.15, -0.1) is 0 Å². The molecule has 5 nitrogen and oxygen atoms in total. The maximum Gasteiger partial charge on any atom is 0.394 e. The van der Waals surface area contributed by atoms with Crippen LogP contribution < -0.4 is 0 Å². The van der Waals surface area contributed by atoms with Crippen LogP contribution in [0, 0.1) is 0 Å². The molecule has 0 aromatic carbocycles. The van der Waals surface area contributed by atoms with Crippen LogP contribution in [0.15, 0.2) is 0 Å². The minimum absolute atomic E-state index is 0.501. The minimum Gasteiger partial charge on any atom is -0.300 e. The number of Topliss-reactive ketones (excluding diaryl/α,β-unsaturated/α-hetero) is 1.